The lowest BCUT2D eigenvalue weighted by Crippen LogP contribution is -2.50. The first-order valence-electron chi connectivity index (χ1n) is 7.87. The number of carbonyl (C=O) groups excluding carboxylic acids is 2. The molecule has 1 saturated heterocycles. The van der Waals surface area contributed by atoms with E-state index in [1.165, 1.54) is 19.2 Å². The third-order valence-electron chi connectivity index (χ3n) is 4.17. The summed E-state index contributed by atoms with van der Waals surface area (Å²) >= 11 is 0. The van der Waals surface area contributed by atoms with Crippen LogP contribution in [0.2, 0.25) is 0 Å². The van der Waals surface area contributed by atoms with Gasteiger partial charge in [0.05, 0.1) is 26.2 Å². The van der Waals surface area contributed by atoms with Crippen LogP contribution in [0.15, 0.2) is 24.3 Å². The number of rotatable bonds is 6. The fraction of sp³-hybridized carbons (Fsp3) is 0.529. The number of ether oxygens (including phenoxy) is 2. The Bertz CT molecular complexity index is 578. The maximum atomic E-state index is 12.9. The SMILES string of the molecule is CO[C@]1(CC(N)=O)COCCN(C(=O)CCc2ccc(F)cc2)C1. The van der Waals surface area contributed by atoms with Crippen LogP contribution in [0.25, 0.3) is 0 Å². The highest BCUT2D eigenvalue weighted by Gasteiger charge is 2.37. The Morgan fingerprint density at radius 3 is 2.71 bits per heavy atom. The Hall–Kier alpha value is -1.99. The van der Waals surface area contributed by atoms with Gasteiger partial charge in [-0.15, -0.1) is 0 Å². The highest BCUT2D eigenvalue weighted by Crippen LogP contribution is 2.21. The van der Waals surface area contributed by atoms with Gasteiger partial charge in [-0.3, -0.25) is 9.59 Å². The van der Waals surface area contributed by atoms with Crippen molar-refractivity contribution < 1.29 is 23.5 Å². The molecule has 1 aliphatic heterocycles. The molecule has 2 rings (SSSR count). The normalized spacial score (nSPS) is 21.3. The van der Waals surface area contributed by atoms with Gasteiger partial charge < -0.3 is 20.1 Å². The molecule has 0 aromatic heterocycles. The predicted octanol–water partition coefficient (Wildman–Crippen LogP) is 0.878. The van der Waals surface area contributed by atoms with Crippen molar-refractivity contribution in [1.29, 1.82) is 0 Å². The summed E-state index contributed by atoms with van der Waals surface area (Å²) in [5, 5.41) is 0. The molecule has 2 amide bonds. The molecular weight excluding hydrogens is 315 g/mol. The van der Waals surface area contributed by atoms with Crippen LogP contribution >= 0.6 is 0 Å². The molecule has 2 N–H and O–H groups in total. The number of amides is 2. The number of methoxy groups -OCH3 is 1. The predicted molar refractivity (Wildman–Crippen MR) is 85.7 cm³/mol. The van der Waals surface area contributed by atoms with E-state index in [-0.39, 0.29) is 31.3 Å². The Labute approximate surface area is 140 Å². The van der Waals surface area contributed by atoms with Crippen molar-refractivity contribution in [3.05, 3.63) is 35.6 Å². The molecule has 24 heavy (non-hydrogen) atoms. The maximum absolute atomic E-state index is 12.9. The van der Waals surface area contributed by atoms with Crippen molar-refractivity contribution in [2.45, 2.75) is 24.9 Å². The van der Waals surface area contributed by atoms with Crippen molar-refractivity contribution in [1.82, 2.24) is 4.90 Å². The minimum absolute atomic E-state index is 0.00869. The summed E-state index contributed by atoms with van der Waals surface area (Å²) in [6.45, 7) is 1.29. The van der Waals surface area contributed by atoms with Crippen molar-refractivity contribution >= 4 is 11.8 Å². The number of halogens is 1. The molecule has 1 aromatic rings. The Morgan fingerprint density at radius 1 is 1.38 bits per heavy atom. The quantitative estimate of drug-likeness (QED) is 0.835. The zero-order chi connectivity index (χ0) is 17.6. The standard InChI is InChI=1S/C17H23FN2O4/c1-23-17(10-15(19)21)11-20(8-9-24-12-17)16(22)7-4-13-2-5-14(18)6-3-13/h2-3,5-6H,4,7-12H2,1H3,(H2,19,21)/t17-/m0/s1. The summed E-state index contributed by atoms with van der Waals surface area (Å²) in [6, 6.07) is 6.09. The van der Waals surface area contributed by atoms with Crippen LogP contribution in [0.1, 0.15) is 18.4 Å². The van der Waals surface area contributed by atoms with Gasteiger partial charge in [-0.25, -0.2) is 4.39 Å². The van der Waals surface area contributed by atoms with Gasteiger partial charge in [0.1, 0.15) is 11.4 Å². The van der Waals surface area contributed by atoms with Crippen molar-refractivity contribution in [3.8, 4) is 0 Å². The fourth-order valence-electron chi connectivity index (χ4n) is 2.80. The third-order valence-corrected chi connectivity index (χ3v) is 4.17. The van der Waals surface area contributed by atoms with Crippen molar-refractivity contribution in [2.24, 2.45) is 5.73 Å². The highest BCUT2D eigenvalue weighted by atomic mass is 19.1. The second kappa shape index (κ2) is 8.21. The summed E-state index contributed by atoms with van der Waals surface area (Å²) in [7, 11) is 1.48. The average molecular weight is 338 g/mol. The van der Waals surface area contributed by atoms with Gasteiger partial charge in [-0.1, -0.05) is 12.1 Å². The van der Waals surface area contributed by atoms with E-state index in [1.807, 2.05) is 0 Å². The second-order valence-corrected chi connectivity index (χ2v) is 6.02. The lowest BCUT2D eigenvalue weighted by molar-refractivity contribution is -0.139. The first-order chi connectivity index (χ1) is 11.4. The summed E-state index contributed by atoms with van der Waals surface area (Å²) in [5.41, 5.74) is 5.28. The average Bonchev–Trinajstić information content (AvgIpc) is 2.77. The minimum atomic E-state index is -0.909. The molecule has 132 valence electrons. The molecular formula is C17H23FN2O4. The van der Waals surface area contributed by atoms with E-state index in [0.717, 1.165) is 5.56 Å². The summed E-state index contributed by atoms with van der Waals surface area (Å²) in [6.07, 6.45) is 0.805. The smallest absolute Gasteiger partial charge is 0.223 e. The van der Waals surface area contributed by atoms with Gasteiger partial charge in [0.15, 0.2) is 0 Å². The topological polar surface area (TPSA) is 81.9 Å². The van der Waals surface area contributed by atoms with E-state index in [2.05, 4.69) is 0 Å². The molecule has 1 heterocycles. The molecule has 1 fully saturated rings. The maximum Gasteiger partial charge on any atom is 0.223 e. The molecule has 0 radical (unpaired) electrons. The zero-order valence-corrected chi connectivity index (χ0v) is 13.8. The Kier molecular flexibility index (Phi) is 6.28. The van der Waals surface area contributed by atoms with Crippen molar-refractivity contribution in [3.63, 3.8) is 0 Å². The van der Waals surface area contributed by atoms with E-state index in [9.17, 15) is 14.0 Å². The number of carbonyl (C=O) groups is 2. The van der Waals surface area contributed by atoms with Gasteiger partial charge in [-0.05, 0) is 24.1 Å². The summed E-state index contributed by atoms with van der Waals surface area (Å²) in [5.74, 6) is -0.858. The van der Waals surface area contributed by atoms with Crippen LogP contribution in [0, 0.1) is 5.82 Å². The van der Waals surface area contributed by atoms with Crippen LogP contribution in [0.5, 0.6) is 0 Å². The fourth-order valence-corrected chi connectivity index (χ4v) is 2.80. The number of nitrogens with two attached hydrogens (primary N) is 1. The van der Waals surface area contributed by atoms with Crippen LogP contribution in [0.3, 0.4) is 0 Å². The monoisotopic (exact) mass is 338 g/mol. The van der Waals surface area contributed by atoms with Crippen LogP contribution in [-0.2, 0) is 25.5 Å². The largest absolute Gasteiger partial charge is 0.377 e. The van der Waals surface area contributed by atoms with Crippen LogP contribution in [-0.4, -0.2) is 55.7 Å². The van der Waals surface area contributed by atoms with E-state index in [0.29, 0.717) is 26.0 Å². The first-order valence-corrected chi connectivity index (χ1v) is 7.87. The van der Waals surface area contributed by atoms with Crippen LogP contribution < -0.4 is 5.73 Å². The van der Waals surface area contributed by atoms with E-state index < -0.39 is 11.5 Å². The molecule has 1 aliphatic rings. The lowest BCUT2D eigenvalue weighted by Gasteiger charge is -2.33. The van der Waals surface area contributed by atoms with Crippen molar-refractivity contribution in [2.75, 3.05) is 33.4 Å². The number of aryl methyl sites for hydroxylation is 1. The number of hydrogen-bond acceptors (Lipinski definition) is 4. The zero-order valence-electron chi connectivity index (χ0n) is 13.8. The molecule has 7 heteroatoms. The Morgan fingerprint density at radius 2 is 2.08 bits per heavy atom. The number of benzene rings is 1. The van der Waals surface area contributed by atoms with E-state index in [1.54, 1.807) is 17.0 Å². The highest BCUT2D eigenvalue weighted by molar-refractivity contribution is 5.77. The molecule has 0 saturated carbocycles. The molecule has 6 nitrogen and oxygen atoms in total. The van der Waals surface area contributed by atoms with Crippen LogP contribution in [0.4, 0.5) is 4.39 Å². The van der Waals surface area contributed by atoms with Gasteiger partial charge in [0.2, 0.25) is 11.8 Å². The first kappa shape index (κ1) is 18.4. The van der Waals surface area contributed by atoms with E-state index in [4.69, 9.17) is 15.2 Å². The molecule has 1 aromatic carbocycles. The molecule has 0 unspecified atom stereocenters. The van der Waals surface area contributed by atoms with Gasteiger partial charge >= 0.3 is 0 Å². The third kappa shape index (κ3) is 5.01. The molecule has 0 spiro atoms. The Balaban J connectivity index is 1.98. The molecule has 1 atom stereocenters. The second-order valence-electron chi connectivity index (χ2n) is 6.02. The number of nitrogens with zero attached hydrogens (tertiary/aromatic N) is 1. The van der Waals surface area contributed by atoms with Gasteiger partial charge in [-0.2, -0.15) is 0 Å². The molecule has 0 bridgehead atoms. The summed E-state index contributed by atoms with van der Waals surface area (Å²) in [4.78, 5) is 25.5. The molecule has 0 aliphatic carbocycles. The summed E-state index contributed by atoms with van der Waals surface area (Å²) < 4.78 is 23.9. The van der Waals surface area contributed by atoms with E-state index >= 15 is 0 Å². The number of hydrogen-bond donors (Lipinski definition) is 1. The minimum Gasteiger partial charge on any atom is -0.377 e. The van der Waals surface area contributed by atoms with Gasteiger partial charge in [0, 0.05) is 20.1 Å². The number of primary amides is 1. The van der Waals surface area contributed by atoms with Gasteiger partial charge in [0.25, 0.3) is 0 Å². The lowest BCUT2D eigenvalue weighted by atomic mass is 9.99.